The number of benzene rings is 2. The van der Waals surface area contributed by atoms with Gasteiger partial charge in [-0.3, -0.25) is 0 Å². The van der Waals surface area contributed by atoms with Gasteiger partial charge in [0.15, 0.2) is 0 Å². The number of hydrogen-bond acceptors (Lipinski definition) is 1. The fraction of sp³-hybridized carbons (Fsp3) is 0.0526. The Morgan fingerprint density at radius 2 is 1.48 bits per heavy atom. The van der Waals surface area contributed by atoms with Gasteiger partial charge in [0, 0.05) is 18.1 Å². The number of aliphatic hydroxyl groups is 1. The molecule has 3 rings (SSSR count). The van der Waals surface area contributed by atoms with E-state index in [1.807, 2.05) is 48.8 Å². The van der Waals surface area contributed by atoms with Crippen molar-refractivity contribution in [3.8, 4) is 5.69 Å². The van der Waals surface area contributed by atoms with E-state index in [9.17, 15) is 0 Å². The lowest BCUT2D eigenvalue weighted by molar-refractivity contribution is 0.282. The molecule has 0 saturated heterocycles. The first kappa shape index (κ1) is 13.4. The van der Waals surface area contributed by atoms with Gasteiger partial charge in [0.2, 0.25) is 0 Å². The summed E-state index contributed by atoms with van der Waals surface area (Å²) in [7, 11) is 0. The zero-order valence-corrected chi connectivity index (χ0v) is 11.7. The Labute approximate surface area is 124 Å². The highest BCUT2D eigenvalue weighted by molar-refractivity contribution is 5.70. The average molecular weight is 275 g/mol. The molecule has 1 aromatic heterocycles. The second-order valence-electron chi connectivity index (χ2n) is 4.92. The van der Waals surface area contributed by atoms with E-state index in [2.05, 4.69) is 41.0 Å². The summed E-state index contributed by atoms with van der Waals surface area (Å²) in [6.07, 6.45) is 8.22. The molecule has 0 atom stereocenters. The summed E-state index contributed by atoms with van der Waals surface area (Å²) in [6.45, 7) is 0.0742. The van der Waals surface area contributed by atoms with Crippen molar-refractivity contribution in [1.82, 2.24) is 4.57 Å². The monoisotopic (exact) mass is 275 g/mol. The van der Waals surface area contributed by atoms with E-state index in [0.717, 1.165) is 22.4 Å². The molecule has 2 heteroatoms. The number of aromatic nitrogens is 1. The highest BCUT2D eigenvalue weighted by Crippen LogP contribution is 2.14. The van der Waals surface area contributed by atoms with Crippen LogP contribution < -0.4 is 0 Å². The molecule has 0 radical (unpaired) electrons. The van der Waals surface area contributed by atoms with Gasteiger partial charge in [-0.1, -0.05) is 42.5 Å². The molecule has 21 heavy (non-hydrogen) atoms. The van der Waals surface area contributed by atoms with Gasteiger partial charge in [-0.25, -0.2) is 0 Å². The molecule has 1 N–H and O–H groups in total. The molecule has 104 valence electrons. The highest BCUT2D eigenvalue weighted by Gasteiger charge is 1.96. The van der Waals surface area contributed by atoms with Crippen LogP contribution in [-0.4, -0.2) is 9.67 Å². The Morgan fingerprint density at radius 3 is 2.19 bits per heavy atom. The molecule has 0 spiro atoms. The van der Waals surface area contributed by atoms with E-state index in [0.29, 0.717) is 0 Å². The number of aliphatic hydroxyl groups excluding tert-OH is 1. The summed E-state index contributed by atoms with van der Waals surface area (Å²) < 4.78 is 2.09. The van der Waals surface area contributed by atoms with Gasteiger partial charge in [-0.05, 0) is 47.0 Å². The number of hydrogen-bond donors (Lipinski definition) is 1. The first-order chi connectivity index (χ1) is 10.3. The maximum absolute atomic E-state index is 9.16. The van der Waals surface area contributed by atoms with Crippen molar-refractivity contribution in [3.63, 3.8) is 0 Å². The third kappa shape index (κ3) is 3.30. The minimum atomic E-state index is 0.0742. The van der Waals surface area contributed by atoms with Gasteiger partial charge in [0.1, 0.15) is 0 Å². The first-order valence-electron chi connectivity index (χ1n) is 6.96. The van der Waals surface area contributed by atoms with Crippen LogP contribution in [0.15, 0.2) is 73.1 Å². The van der Waals surface area contributed by atoms with Crippen LogP contribution in [0.2, 0.25) is 0 Å². The summed E-state index contributed by atoms with van der Waals surface area (Å²) in [5, 5.41) is 9.16. The Bertz CT molecular complexity index is 742. The van der Waals surface area contributed by atoms with Crippen molar-refractivity contribution < 1.29 is 5.11 Å². The Morgan fingerprint density at radius 1 is 0.810 bits per heavy atom. The maximum atomic E-state index is 9.16. The van der Waals surface area contributed by atoms with E-state index in [-0.39, 0.29) is 6.61 Å². The van der Waals surface area contributed by atoms with Crippen LogP contribution in [0.3, 0.4) is 0 Å². The second kappa shape index (κ2) is 6.25. The molecule has 0 fully saturated rings. The van der Waals surface area contributed by atoms with E-state index < -0.39 is 0 Å². The van der Waals surface area contributed by atoms with E-state index in [1.54, 1.807) is 0 Å². The Balaban J connectivity index is 1.84. The Kier molecular flexibility index (Phi) is 3.99. The van der Waals surface area contributed by atoms with Crippen molar-refractivity contribution in [3.05, 3.63) is 89.7 Å². The topological polar surface area (TPSA) is 25.2 Å². The maximum Gasteiger partial charge on any atom is 0.0682 e. The van der Waals surface area contributed by atoms with Crippen molar-refractivity contribution in [2.75, 3.05) is 0 Å². The average Bonchev–Trinajstić information content (AvgIpc) is 3.08. The lowest BCUT2D eigenvalue weighted by atomic mass is 10.1. The Hall–Kier alpha value is -2.58. The van der Waals surface area contributed by atoms with Crippen LogP contribution in [0.25, 0.3) is 17.8 Å². The molecule has 2 aromatic carbocycles. The zero-order chi connectivity index (χ0) is 14.5. The van der Waals surface area contributed by atoms with E-state index in [4.69, 9.17) is 5.11 Å². The normalized spacial score (nSPS) is 11.1. The molecule has 3 aromatic rings. The summed E-state index contributed by atoms with van der Waals surface area (Å²) in [5.74, 6) is 0. The first-order valence-corrected chi connectivity index (χ1v) is 6.96. The van der Waals surface area contributed by atoms with Gasteiger partial charge in [0.25, 0.3) is 0 Å². The van der Waals surface area contributed by atoms with Crippen molar-refractivity contribution in [1.29, 1.82) is 0 Å². The molecular formula is C19H17NO. The van der Waals surface area contributed by atoms with Crippen molar-refractivity contribution in [2.45, 2.75) is 6.61 Å². The van der Waals surface area contributed by atoms with Crippen LogP contribution >= 0.6 is 0 Å². The molecule has 0 aliphatic heterocycles. The van der Waals surface area contributed by atoms with Crippen LogP contribution in [0, 0.1) is 0 Å². The minimum Gasteiger partial charge on any atom is -0.392 e. The smallest absolute Gasteiger partial charge is 0.0682 e. The third-order valence-corrected chi connectivity index (χ3v) is 3.37. The molecule has 0 aliphatic carbocycles. The van der Waals surface area contributed by atoms with Gasteiger partial charge in [-0.2, -0.15) is 0 Å². The largest absolute Gasteiger partial charge is 0.392 e. The number of nitrogens with zero attached hydrogens (tertiary/aromatic N) is 1. The number of rotatable bonds is 4. The fourth-order valence-corrected chi connectivity index (χ4v) is 2.28. The highest BCUT2D eigenvalue weighted by atomic mass is 16.3. The van der Waals surface area contributed by atoms with E-state index in [1.165, 1.54) is 0 Å². The van der Waals surface area contributed by atoms with Crippen LogP contribution in [0.5, 0.6) is 0 Å². The van der Waals surface area contributed by atoms with Gasteiger partial charge < -0.3 is 9.67 Å². The predicted molar refractivity (Wildman–Crippen MR) is 87.1 cm³/mol. The fourth-order valence-electron chi connectivity index (χ4n) is 2.28. The summed E-state index contributed by atoms with van der Waals surface area (Å²) in [6, 6.07) is 20.3. The standard InChI is InChI=1S/C19H17NO/c21-15-18-7-3-5-16(13-18)9-10-17-6-4-8-19(14-17)20-11-1-2-12-20/h1-14,21H,15H2/b10-9-. The SMILES string of the molecule is OCc1cccc(/C=C\c2cccc(-n3cccc3)c2)c1. The van der Waals surface area contributed by atoms with Crippen LogP contribution in [0.1, 0.15) is 16.7 Å². The second-order valence-corrected chi connectivity index (χ2v) is 4.92. The molecule has 1 heterocycles. The zero-order valence-electron chi connectivity index (χ0n) is 11.7. The molecule has 0 saturated carbocycles. The third-order valence-electron chi connectivity index (χ3n) is 3.37. The predicted octanol–water partition coefficient (Wildman–Crippen LogP) is 4.14. The van der Waals surface area contributed by atoms with Crippen LogP contribution in [-0.2, 0) is 6.61 Å². The summed E-state index contributed by atoms with van der Waals surface area (Å²) in [4.78, 5) is 0. The molecule has 0 amide bonds. The van der Waals surface area contributed by atoms with Gasteiger partial charge in [0.05, 0.1) is 6.61 Å². The molecule has 0 unspecified atom stereocenters. The van der Waals surface area contributed by atoms with Crippen molar-refractivity contribution in [2.24, 2.45) is 0 Å². The summed E-state index contributed by atoms with van der Waals surface area (Å²) >= 11 is 0. The lowest BCUT2D eigenvalue weighted by Crippen LogP contribution is -1.89. The van der Waals surface area contributed by atoms with Crippen molar-refractivity contribution >= 4 is 12.2 Å². The van der Waals surface area contributed by atoms with E-state index >= 15 is 0 Å². The van der Waals surface area contributed by atoms with Crippen LogP contribution in [0.4, 0.5) is 0 Å². The molecule has 0 aliphatic rings. The molecular weight excluding hydrogens is 258 g/mol. The summed E-state index contributed by atoms with van der Waals surface area (Å²) in [5.41, 5.74) is 4.31. The van der Waals surface area contributed by atoms with Gasteiger partial charge >= 0.3 is 0 Å². The lowest BCUT2D eigenvalue weighted by Gasteiger charge is -2.04. The minimum absolute atomic E-state index is 0.0742. The quantitative estimate of drug-likeness (QED) is 0.711. The van der Waals surface area contributed by atoms with Gasteiger partial charge in [-0.15, -0.1) is 0 Å². The molecule has 2 nitrogen and oxygen atoms in total. The molecule has 0 bridgehead atoms.